The van der Waals surface area contributed by atoms with Crippen LogP contribution in [-0.4, -0.2) is 50.5 Å². The van der Waals surface area contributed by atoms with E-state index in [1.165, 1.54) is 11.0 Å². The molecule has 0 saturated carbocycles. The van der Waals surface area contributed by atoms with Gasteiger partial charge >= 0.3 is 0 Å². The molecule has 0 unspecified atom stereocenters. The van der Waals surface area contributed by atoms with Crippen molar-refractivity contribution >= 4 is 50.7 Å². The molecule has 2 rings (SSSR count). The normalized spacial score (nSPS) is 12.2. The van der Waals surface area contributed by atoms with Crippen molar-refractivity contribution in [3.63, 3.8) is 0 Å². The highest BCUT2D eigenvalue weighted by Gasteiger charge is 2.30. The standard InChI is InChI=1S/C21H25Cl2N3O4S/c1-4-24-21(28)15(2)25(13-16-8-5-6-11-19(16)23)20(27)14-26(31(3,29)30)18-10-7-9-17(22)12-18/h5-12,15H,4,13-14H2,1-3H3,(H,24,28)/t15-/m1/s1. The third-order valence-electron chi connectivity index (χ3n) is 4.59. The van der Waals surface area contributed by atoms with Gasteiger partial charge in [0.05, 0.1) is 11.9 Å². The highest BCUT2D eigenvalue weighted by atomic mass is 35.5. The highest BCUT2D eigenvalue weighted by Crippen LogP contribution is 2.23. The Labute approximate surface area is 193 Å². The average molecular weight is 486 g/mol. The molecular formula is C21H25Cl2N3O4S. The smallest absolute Gasteiger partial charge is 0.244 e. The van der Waals surface area contributed by atoms with Crippen LogP contribution in [0.15, 0.2) is 48.5 Å². The van der Waals surface area contributed by atoms with Crippen LogP contribution in [0.2, 0.25) is 10.0 Å². The van der Waals surface area contributed by atoms with Crippen LogP contribution >= 0.6 is 23.2 Å². The molecule has 31 heavy (non-hydrogen) atoms. The summed E-state index contributed by atoms with van der Waals surface area (Å²) in [5.74, 6) is -0.902. The van der Waals surface area contributed by atoms with E-state index in [4.69, 9.17) is 23.2 Å². The van der Waals surface area contributed by atoms with Crippen LogP contribution in [0.4, 0.5) is 5.69 Å². The van der Waals surface area contributed by atoms with Gasteiger partial charge in [0, 0.05) is 23.1 Å². The summed E-state index contributed by atoms with van der Waals surface area (Å²) in [4.78, 5) is 27.1. The minimum atomic E-state index is -3.80. The third-order valence-corrected chi connectivity index (χ3v) is 6.34. The Balaban J connectivity index is 2.40. The summed E-state index contributed by atoms with van der Waals surface area (Å²) in [5.41, 5.74) is 0.897. The number of anilines is 1. The van der Waals surface area contributed by atoms with Crippen molar-refractivity contribution in [3.8, 4) is 0 Å². The van der Waals surface area contributed by atoms with Crippen molar-refractivity contribution in [2.24, 2.45) is 0 Å². The lowest BCUT2D eigenvalue weighted by Gasteiger charge is -2.31. The lowest BCUT2D eigenvalue weighted by molar-refractivity contribution is -0.139. The quantitative estimate of drug-likeness (QED) is 0.589. The lowest BCUT2D eigenvalue weighted by atomic mass is 10.1. The number of halogens is 2. The van der Waals surface area contributed by atoms with Crippen LogP contribution in [0.1, 0.15) is 19.4 Å². The molecule has 0 aliphatic carbocycles. The molecule has 0 aromatic heterocycles. The van der Waals surface area contributed by atoms with E-state index in [-0.39, 0.29) is 18.1 Å². The summed E-state index contributed by atoms with van der Waals surface area (Å²) < 4.78 is 25.8. The van der Waals surface area contributed by atoms with Gasteiger partial charge in [-0.05, 0) is 43.7 Å². The Bertz CT molecular complexity index is 1050. The summed E-state index contributed by atoms with van der Waals surface area (Å²) in [7, 11) is -3.80. The minimum absolute atomic E-state index is 0.0456. The summed E-state index contributed by atoms with van der Waals surface area (Å²) in [6.07, 6.45) is 1.01. The number of nitrogens with zero attached hydrogens (tertiary/aromatic N) is 2. The van der Waals surface area contributed by atoms with Crippen LogP contribution in [0.25, 0.3) is 0 Å². The number of likely N-dealkylation sites (N-methyl/N-ethyl adjacent to an activating group) is 1. The Morgan fingerprint density at radius 2 is 1.77 bits per heavy atom. The molecule has 1 atom stereocenters. The van der Waals surface area contributed by atoms with Crippen molar-refractivity contribution in [2.45, 2.75) is 26.4 Å². The molecule has 2 amide bonds. The fraction of sp³-hybridized carbons (Fsp3) is 0.333. The number of hydrogen-bond acceptors (Lipinski definition) is 4. The van der Waals surface area contributed by atoms with E-state index in [9.17, 15) is 18.0 Å². The predicted octanol–water partition coefficient (Wildman–Crippen LogP) is 3.31. The van der Waals surface area contributed by atoms with Gasteiger partial charge in [0.15, 0.2) is 0 Å². The largest absolute Gasteiger partial charge is 0.355 e. The minimum Gasteiger partial charge on any atom is -0.355 e. The fourth-order valence-electron chi connectivity index (χ4n) is 2.96. The maximum atomic E-state index is 13.3. The van der Waals surface area contributed by atoms with Crippen LogP contribution < -0.4 is 9.62 Å². The highest BCUT2D eigenvalue weighted by molar-refractivity contribution is 7.92. The Kier molecular flexibility index (Phi) is 8.73. The van der Waals surface area contributed by atoms with Crippen LogP contribution in [0.3, 0.4) is 0 Å². The second kappa shape index (κ2) is 10.8. The number of carbonyl (C=O) groups excluding carboxylic acids is 2. The molecule has 0 spiro atoms. The molecular weight excluding hydrogens is 461 g/mol. The third kappa shape index (κ3) is 6.85. The van der Waals surface area contributed by atoms with E-state index in [0.29, 0.717) is 22.2 Å². The monoisotopic (exact) mass is 485 g/mol. The number of benzene rings is 2. The van der Waals surface area contributed by atoms with Gasteiger partial charge in [-0.25, -0.2) is 8.42 Å². The summed E-state index contributed by atoms with van der Waals surface area (Å²) in [5, 5.41) is 3.47. The average Bonchev–Trinajstić information content (AvgIpc) is 2.70. The number of carbonyl (C=O) groups is 2. The maximum Gasteiger partial charge on any atom is 0.244 e. The van der Waals surface area contributed by atoms with E-state index in [2.05, 4.69) is 5.32 Å². The van der Waals surface area contributed by atoms with Crippen LogP contribution in [0, 0.1) is 0 Å². The number of rotatable bonds is 9. The zero-order valence-electron chi connectivity index (χ0n) is 17.5. The molecule has 2 aromatic rings. The first-order valence-electron chi connectivity index (χ1n) is 9.58. The Morgan fingerprint density at radius 3 is 2.35 bits per heavy atom. The topological polar surface area (TPSA) is 86.8 Å². The Morgan fingerprint density at radius 1 is 1.10 bits per heavy atom. The van der Waals surface area contributed by atoms with Gasteiger partial charge in [-0.2, -0.15) is 0 Å². The number of nitrogens with one attached hydrogen (secondary N) is 1. The van der Waals surface area contributed by atoms with Crippen molar-refractivity contribution in [1.82, 2.24) is 10.2 Å². The molecule has 0 saturated heterocycles. The Hall–Kier alpha value is -2.29. The molecule has 0 fully saturated rings. The van der Waals surface area contributed by atoms with Crippen molar-refractivity contribution < 1.29 is 18.0 Å². The summed E-state index contributed by atoms with van der Waals surface area (Å²) in [6, 6.07) is 12.3. The molecule has 0 aliphatic rings. The number of sulfonamides is 1. The van der Waals surface area contributed by atoms with Crippen molar-refractivity contribution in [3.05, 3.63) is 64.1 Å². The molecule has 0 radical (unpaired) electrons. The van der Waals surface area contributed by atoms with Crippen LogP contribution in [0.5, 0.6) is 0 Å². The lowest BCUT2D eigenvalue weighted by Crippen LogP contribution is -2.51. The molecule has 7 nitrogen and oxygen atoms in total. The van der Waals surface area contributed by atoms with Crippen molar-refractivity contribution in [1.29, 1.82) is 0 Å². The van der Waals surface area contributed by atoms with Gasteiger partial charge in [-0.15, -0.1) is 0 Å². The first kappa shape index (κ1) is 25.0. The van der Waals surface area contributed by atoms with E-state index in [0.717, 1.165) is 10.6 Å². The number of amides is 2. The predicted molar refractivity (Wildman–Crippen MR) is 124 cm³/mol. The fourth-order valence-corrected chi connectivity index (χ4v) is 4.18. The first-order chi connectivity index (χ1) is 14.5. The second-order valence-electron chi connectivity index (χ2n) is 6.93. The molecule has 2 aromatic carbocycles. The maximum absolute atomic E-state index is 13.3. The van der Waals surface area contributed by atoms with E-state index in [1.807, 2.05) is 0 Å². The molecule has 10 heteroatoms. The first-order valence-corrected chi connectivity index (χ1v) is 12.2. The van der Waals surface area contributed by atoms with E-state index in [1.54, 1.807) is 56.3 Å². The van der Waals surface area contributed by atoms with Crippen molar-refractivity contribution in [2.75, 3.05) is 23.7 Å². The summed E-state index contributed by atoms with van der Waals surface area (Å²) in [6.45, 7) is 3.31. The zero-order chi connectivity index (χ0) is 23.2. The second-order valence-corrected chi connectivity index (χ2v) is 9.68. The summed E-state index contributed by atoms with van der Waals surface area (Å²) >= 11 is 12.3. The molecule has 0 bridgehead atoms. The molecule has 168 valence electrons. The number of hydrogen-bond donors (Lipinski definition) is 1. The van der Waals surface area contributed by atoms with Gasteiger partial charge < -0.3 is 10.2 Å². The van der Waals surface area contributed by atoms with Gasteiger partial charge in [0.2, 0.25) is 21.8 Å². The molecule has 1 N–H and O–H groups in total. The molecule has 0 aliphatic heterocycles. The van der Waals surface area contributed by atoms with Gasteiger partial charge in [-0.1, -0.05) is 47.5 Å². The van der Waals surface area contributed by atoms with E-state index < -0.39 is 28.5 Å². The van der Waals surface area contributed by atoms with Crippen LogP contribution in [-0.2, 0) is 26.2 Å². The zero-order valence-corrected chi connectivity index (χ0v) is 19.8. The SMILES string of the molecule is CCNC(=O)[C@@H](C)N(Cc1ccccc1Cl)C(=O)CN(c1cccc(Cl)c1)S(C)(=O)=O. The van der Waals surface area contributed by atoms with Gasteiger partial charge in [0.25, 0.3) is 0 Å². The molecule has 0 heterocycles. The van der Waals surface area contributed by atoms with E-state index >= 15 is 0 Å². The van der Waals surface area contributed by atoms with Gasteiger partial charge in [-0.3, -0.25) is 13.9 Å². The van der Waals surface area contributed by atoms with Gasteiger partial charge in [0.1, 0.15) is 12.6 Å².